The second-order valence-electron chi connectivity index (χ2n) is 4.51. The van der Waals surface area contributed by atoms with Crippen LogP contribution in [0, 0.1) is 0 Å². The number of amides is 1. The fourth-order valence-electron chi connectivity index (χ4n) is 2.05. The van der Waals surface area contributed by atoms with Gasteiger partial charge in [0.05, 0.1) is 0 Å². The van der Waals surface area contributed by atoms with Crippen molar-refractivity contribution in [2.75, 3.05) is 0 Å². The zero-order valence-corrected chi connectivity index (χ0v) is 10.1. The molecular formula is C12H21NO3. The van der Waals surface area contributed by atoms with Crippen molar-refractivity contribution in [3.05, 3.63) is 0 Å². The van der Waals surface area contributed by atoms with E-state index in [1.807, 2.05) is 0 Å². The Morgan fingerprint density at radius 2 is 2.00 bits per heavy atom. The van der Waals surface area contributed by atoms with Crippen LogP contribution in [0.2, 0.25) is 0 Å². The van der Waals surface area contributed by atoms with Crippen molar-refractivity contribution in [2.45, 2.75) is 64.5 Å². The Balaban J connectivity index is 2.58. The fraction of sp³-hybridized carbons (Fsp3) is 0.833. The Hall–Kier alpha value is -1.06. The van der Waals surface area contributed by atoms with E-state index < -0.39 is 12.0 Å². The van der Waals surface area contributed by atoms with E-state index in [-0.39, 0.29) is 11.9 Å². The Morgan fingerprint density at radius 3 is 2.38 bits per heavy atom. The van der Waals surface area contributed by atoms with Crippen molar-refractivity contribution >= 4 is 11.9 Å². The molecule has 0 aliphatic heterocycles. The second kappa shape index (κ2) is 5.87. The summed E-state index contributed by atoms with van der Waals surface area (Å²) in [6.45, 7) is 3.55. The van der Waals surface area contributed by atoms with Crippen LogP contribution in [0.4, 0.5) is 0 Å². The lowest BCUT2D eigenvalue weighted by molar-refractivity contribution is -0.150. The molecule has 1 aliphatic carbocycles. The quantitative estimate of drug-likeness (QED) is 0.677. The molecule has 0 aromatic carbocycles. The Kier molecular flexibility index (Phi) is 4.77. The summed E-state index contributed by atoms with van der Waals surface area (Å²) in [7, 11) is 0. The molecule has 0 bridgehead atoms. The predicted octanol–water partition coefficient (Wildman–Crippen LogP) is 2.03. The number of unbranched alkanes of at least 4 members (excludes halogenated alkanes) is 2. The maximum atomic E-state index is 11.5. The SMILES string of the molecule is CCCCCC(C(=O)O)N(C(C)=O)C1CC1. The van der Waals surface area contributed by atoms with Crippen molar-refractivity contribution in [1.82, 2.24) is 4.90 Å². The Labute approximate surface area is 96.6 Å². The molecule has 1 aliphatic rings. The number of carboxylic acids is 1. The van der Waals surface area contributed by atoms with Gasteiger partial charge >= 0.3 is 5.97 Å². The van der Waals surface area contributed by atoms with E-state index in [2.05, 4.69) is 6.92 Å². The normalized spacial score (nSPS) is 16.9. The van der Waals surface area contributed by atoms with E-state index in [0.717, 1.165) is 32.1 Å². The molecule has 0 aromatic rings. The molecule has 1 amide bonds. The van der Waals surface area contributed by atoms with Gasteiger partial charge in [-0.05, 0) is 19.3 Å². The number of nitrogens with zero attached hydrogens (tertiary/aromatic N) is 1. The lowest BCUT2D eigenvalue weighted by atomic mass is 10.1. The number of rotatable bonds is 7. The van der Waals surface area contributed by atoms with Crippen LogP contribution in [0.1, 0.15) is 52.4 Å². The van der Waals surface area contributed by atoms with Gasteiger partial charge in [-0.25, -0.2) is 4.79 Å². The average Bonchev–Trinajstić information content (AvgIpc) is 2.99. The van der Waals surface area contributed by atoms with Gasteiger partial charge in [-0.3, -0.25) is 4.79 Å². The van der Waals surface area contributed by atoms with Crippen LogP contribution in [0.15, 0.2) is 0 Å². The minimum atomic E-state index is -0.863. The molecule has 16 heavy (non-hydrogen) atoms. The maximum absolute atomic E-state index is 11.5. The summed E-state index contributed by atoms with van der Waals surface area (Å²) in [4.78, 5) is 24.2. The Bertz CT molecular complexity index is 261. The van der Waals surface area contributed by atoms with E-state index in [9.17, 15) is 14.7 Å². The highest BCUT2D eigenvalue weighted by molar-refractivity contribution is 5.82. The van der Waals surface area contributed by atoms with Gasteiger partial charge in [0, 0.05) is 13.0 Å². The average molecular weight is 227 g/mol. The van der Waals surface area contributed by atoms with E-state index >= 15 is 0 Å². The zero-order valence-electron chi connectivity index (χ0n) is 10.1. The highest BCUT2D eigenvalue weighted by Crippen LogP contribution is 2.30. The minimum absolute atomic E-state index is 0.105. The summed E-state index contributed by atoms with van der Waals surface area (Å²) in [5, 5.41) is 9.17. The van der Waals surface area contributed by atoms with Crippen molar-refractivity contribution in [3.63, 3.8) is 0 Å². The number of hydrogen-bond acceptors (Lipinski definition) is 2. The van der Waals surface area contributed by atoms with Crippen molar-refractivity contribution in [2.24, 2.45) is 0 Å². The van der Waals surface area contributed by atoms with Gasteiger partial charge in [0.1, 0.15) is 6.04 Å². The van der Waals surface area contributed by atoms with Crippen molar-refractivity contribution < 1.29 is 14.7 Å². The summed E-state index contributed by atoms with van der Waals surface area (Å²) in [6, 6.07) is -0.434. The van der Waals surface area contributed by atoms with Gasteiger partial charge in [0.15, 0.2) is 0 Å². The number of aliphatic carboxylic acids is 1. The molecule has 0 spiro atoms. The van der Waals surface area contributed by atoms with E-state index in [0.29, 0.717) is 6.42 Å². The van der Waals surface area contributed by atoms with Crippen LogP contribution >= 0.6 is 0 Å². The molecule has 0 saturated heterocycles. The first-order chi connectivity index (χ1) is 7.57. The highest BCUT2D eigenvalue weighted by atomic mass is 16.4. The van der Waals surface area contributed by atoms with Crippen LogP contribution in [-0.4, -0.2) is 34.0 Å². The summed E-state index contributed by atoms with van der Waals surface area (Å²) in [6.07, 6.45) is 5.47. The Morgan fingerprint density at radius 1 is 1.38 bits per heavy atom. The van der Waals surface area contributed by atoms with Gasteiger partial charge < -0.3 is 10.0 Å². The summed E-state index contributed by atoms with van der Waals surface area (Å²) in [5.74, 6) is -0.968. The molecule has 1 atom stereocenters. The van der Waals surface area contributed by atoms with Crippen LogP contribution < -0.4 is 0 Å². The maximum Gasteiger partial charge on any atom is 0.326 e. The molecular weight excluding hydrogens is 206 g/mol. The largest absolute Gasteiger partial charge is 0.480 e. The molecule has 92 valence electrons. The van der Waals surface area contributed by atoms with Gasteiger partial charge in [0.2, 0.25) is 5.91 Å². The molecule has 1 saturated carbocycles. The number of hydrogen-bond donors (Lipinski definition) is 1. The molecule has 1 unspecified atom stereocenters. The van der Waals surface area contributed by atoms with Gasteiger partial charge in [0.25, 0.3) is 0 Å². The number of carbonyl (C=O) groups is 2. The standard InChI is InChI=1S/C12H21NO3/c1-3-4-5-6-11(12(15)16)13(9(2)14)10-7-8-10/h10-11H,3-8H2,1-2H3,(H,15,16). The van der Waals surface area contributed by atoms with E-state index in [4.69, 9.17) is 0 Å². The molecule has 4 nitrogen and oxygen atoms in total. The topological polar surface area (TPSA) is 57.6 Å². The van der Waals surface area contributed by atoms with Crippen molar-refractivity contribution in [3.8, 4) is 0 Å². The third-order valence-corrected chi connectivity index (χ3v) is 3.01. The van der Waals surface area contributed by atoms with Gasteiger partial charge in [-0.2, -0.15) is 0 Å². The smallest absolute Gasteiger partial charge is 0.326 e. The van der Waals surface area contributed by atoms with Gasteiger partial charge in [-0.1, -0.05) is 26.2 Å². The van der Waals surface area contributed by atoms with E-state index in [1.54, 1.807) is 4.90 Å². The van der Waals surface area contributed by atoms with Gasteiger partial charge in [-0.15, -0.1) is 0 Å². The lowest BCUT2D eigenvalue weighted by Crippen LogP contribution is -2.45. The van der Waals surface area contributed by atoms with Crippen LogP contribution in [0.25, 0.3) is 0 Å². The molecule has 0 aromatic heterocycles. The second-order valence-corrected chi connectivity index (χ2v) is 4.51. The van der Waals surface area contributed by atoms with E-state index in [1.165, 1.54) is 6.92 Å². The van der Waals surface area contributed by atoms with Crippen LogP contribution in [0.5, 0.6) is 0 Å². The molecule has 4 heteroatoms. The van der Waals surface area contributed by atoms with Crippen molar-refractivity contribution in [1.29, 1.82) is 0 Å². The minimum Gasteiger partial charge on any atom is -0.480 e. The van der Waals surface area contributed by atoms with Crippen LogP contribution in [-0.2, 0) is 9.59 Å². The molecule has 1 N–H and O–H groups in total. The third kappa shape index (κ3) is 3.51. The first kappa shape index (κ1) is 13.0. The highest BCUT2D eigenvalue weighted by Gasteiger charge is 2.38. The molecule has 0 heterocycles. The number of carbonyl (C=O) groups excluding carboxylic acids is 1. The third-order valence-electron chi connectivity index (χ3n) is 3.01. The zero-order chi connectivity index (χ0) is 12.1. The summed E-state index contributed by atoms with van der Waals surface area (Å²) < 4.78 is 0. The summed E-state index contributed by atoms with van der Waals surface area (Å²) in [5.41, 5.74) is 0. The molecule has 1 fully saturated rings. The first-order valence-corrected chi connectivity index (χ1v) is 6.09. The predicted molar refractivity (Wildman–Crippen MR) is 61.1 cm³/mol. The summed E-state index contributed by atoms with van der Waals surface area (Å²) >= 11 is 0. The lowest BCUT2D eigenvalue weighted by Gasteiger charge is -2.28. The number of carboxylic acid groups (broad SMARTS) is 1. The molecule has 0 radical (unpaired) electrons. The van der Waals surface area contributed by atoms with Crippen LogP contribution in [0.3, 0.4) is 0 Å². The fourth-order valence-corrected chi connectivity index (χ4v) is 2.05. The monoisotopic (exact) mass is 227 g/mol. The first-order valence-electron chi connectivity index (χ1n) is 6.09. The molecule has 1 rings (SSSR count).